The number of benzene rings is 2. The fourth-order valence-electron chi connectivity index (χ4n) is 3.34. The highest BCUT2D eigenvalue weighted by Crippen LogP contribution is 2.30. The van der Waals surface area contributed by atoms with Crippen molar-refractivity contribution in [3.05, 3.63) is 59.1 Å². The van der Waals surface area contributed by atoms with Gasteiger partial charge in [0, 0.05) is 24.8 Å². The third-order valence-corrected chi connectivity index (χ3v) is 7.21. The second-order valence-corrected chi connectivity index (χ2v) is 9.17. The van der Waals surface area contributed by atoms with Gasteiger partial charge in [-0.2, -0.15) is 4.31 Å². The monoisotopic (exact) mass is 421 g/mol. The summed E-state index contributed by atoms with van der Waals surface area (Å²) in [6.07, 6.45) is 2.39. The number of nitrogens with zero attached hydrogens (tertiary/aromatic N) is 1. The number of rotatable bonds is 5. The van der Waals surface area contributed by atoms with Crippen LogP contribution in [0.5, 0.6) is 0 Å². The molecule has 0 saturated carbocycles. The normalized spacial score (nSPS) is 17.9. The number of para-hydroxylation sites is 1. The van der Waals surface area contributed by atoms with Gasteiger partial charge < -0.3 is 10.6 Å². The lowest BCUT2D eigenvalue weighted by Gasteiger charge is -2.35. The lowest BCUT2D eigenvalue weighted by Crippen LogP contribution is -2.49. The van der Waals surface area contributed by atoms with Crippen LogP contribution >= 0.6 is 11.6 Å². The molecule has 1 aliphatic heterocycles. The fraction of sp³-hybridized carbons (Fsp3) is 0.350. The summed E-state index contributed by atoms with van der Waals surface area (Å²) >= 11 is 6.21. The van der Waals surface area contributed by atoms with E-state index in [9.17, 15) is 13.2 Å². The largest absolute Gasteiger partial charge is 0.336 e. The third kappa shape index (κ3) is 4.84. The molecule has 2 aromatic rings. The standard InChI is InChI=1S/C20H24ClN3O3S/c1-15-10-11-19(18(21)13-15)28(26,27)24-12-6-5-9-17(24)14-22-20(25)23-16-7-3-2-4-8-16/h2-4,7-8,10-11,13,17H,5-6,9,12,14H2,1H3,(H2,22,23,25). The van der Waals surface area contributed by atoms with E-state index in [1.807, 2.05) is 25.1 Å². The lowest BCUT2D eigenvalue weighted by atomic mass is 10.1. The summed E-state index contributed by atoms with van der Waals surface area (Å²) in [4.78, 5) is 12.3. The molecule has 6 nitrogen and oxygen atoms in total. The highest BCUT2D eigenvalue weighted by Gasteiger charge is 2.34. The second kappa shape index (κ2) is 8.94. The second-order valence-electron chi connectivity index (χ2n) is 6.90. The summed E-state index contributed by atoms with van der Waals surface area (Å²) < 4.78 is 27.8. The number of hydrogen-bond donors (Lipinski definition) is 2. The number of piperidine rings is 1. The van der Waals surface area contributed by atoms with E-state index in [0.29, 0.717) is 18.7 Å². The Labute approximate surface area is 170 Å². The molecule has 0 aliphatic carbocycles. The molecule has 2 amide bonds. The minimum Gasteiger partial charge on any atom is -0.336 e. The summed E-state index contributed by atoms with van der Waals surface area (Å²) in [5.41, 5.74) is 1.58. The lowest BCUT2D eigenvalue weighted by molar-refractivity contribution is 0.231. The van der Waals surface area contributed by atoms with Crippen LogP contribution in [0.15, 0.2) is 53.4 Å². The quantitative estimate of drug-likeness (QED) is 0.765. The molecule has 1 saturated heterocycles. The first-order chi connectivity index (χ1) is 13.4. The Morgan fingerprint density at radius 1 is 1.18 bits per heavy atom. The summed E-state index contributed by atoms with van der Waals surface area (Å²) in [5, 5.41) is 5.75. The molecule has 1 fully saturated rings. The molecule has 0 aromatic heterocycles. The van der Waals surface area contributed by atoms with E-state index in [4.69, 9.17) is 11.6 Å². The van der Waals surface area contributed by atoms with Crippen LogP contribution in [-0.2, 0) is 10.0 Å². The number of sulfonamides is 1. The molecule has 1 heterocycles. The van der Waals surface area contributed by atoms with Crippen LogP contribution in [0.1, 0.15) is 24.8 Å². The number of amides is 2. The summed E-state index contributed by atoms with van der Waals surface area (Å²) in [6, 6.07) is 13.4. The smallest absolute Gasteiger partial charge is 0.319 e. The van der Waals surface area contributed by atoms with Crippen molar-refractivity contribution in [1.82, 2.24) is 9.62 Å². The zero-order valence-electron chi connectivity index (χ0n) is 15.7. The molecule has 1 unspecified atom stereocenters. The molecular weight excluding hydrogens is 398 g/mol. The van der Waals surface area contributed by atoms with Crippen LogP contribution in [0, 0.1) is 6.92 Å². The Balaban J connectivity index is 1.70. The van der Waals surface area contributed by atoms with Crippen molar-refractivity contribution in [2.45, 2.75) is 37.1 Å². The van der Waals surface area contributed by atoms with E-state index in [2.05, 4.69) is 10.6 Å². The van der Waals surface area contributed by atoms with Crippen molar-refractivity contribution in [3.8, 4) is 0 Å². The summed E-state index contributed by atoms with van der Waals surface area (Å²) in [5.74, 6) is 0. The molecular formula is C20H24ClN3O3S. The number of anilines is 1. The van der Waals surface area contributed by atoms with E-state index in [0.717, 1.165) is 18.4 Å². The third-order valence-electron chi connectivity index (χ3n) is 4.78. The first-order valence-electron chi connectivity index (χ1n) is 9.26. The number of carbonyl (C=O) groups is 1. The first-order valence-corrected chi connectivity index (χ1v) is 11.1. The van der Waals surface area contributed by atoms with Crippen LogP contribution < -0.4 is 10.6 Å². The Bertz CT molecular complexity index is 935. The molecule has 0 spiro atoms. The molecule has 2 N–H and O–H groups in total. The highest BCUT2D eigenvalue weighted by molar-refractivity contribution is 7.89. The van der Waals surface area contributed by atoms with Gasteiger partial charge in [0.25, 0.3) is 0 Å². The predicted octanol–water partition coefficient (Wildman–Crippen LogP) is 4.01. The van der Waals surface area contributed by atoms with Gasteiger partial charge in [0.05, 0.1) is 5.02 Å². The Morgan fingerprint density at radius 2 is 1.93 bits per heavy atom. The van der Waals surface area contributed by atoms with Crippen LogP contribution in [-0.4, -0.2) is 37.9 Å². The maximum atomic E-state index is 13.2. The van der Waals surface area contributed by atoms with Crippen LogP contribution in [0.3, 0.4) is 0 Å². The van der Waals surface area contributed by atoms with Gasteiger partial charge in [-0.05, 0) is 49.6 Å². The van der Waals surface area contributed by atoms with Gasteiger partial charge in [-0.1, -0.05) is 42.3 Å². The molecule has 28 heavy (non-hydrogen) atoms. The Kier molecular flexibility index (Phi) is 6.59. The minimum absolute atomic E-state index is 0.111. The number of aryl methyl sites for hydroxylation is 1. The van der Waals surface area contributed by atoms with Gasteiger partial charge in [0.2, 0.25) is 10.0 Å². The predicted molar refractivity (Wildman–Crippen MR) is 111 cm³/mol. The number of carbonyl (C=O) groups excluding carboxylic acids is 1. The van der Waals surface area contributed by atoms with Gasteiger partial charge >= 0.3 is 6.03 Å². The van der Waals surface area contributed by atoms with E-state index in [1.165, 1.54) is 4.31 Å². The molecule has 3 rings (SSSR count). The molecule has 0 bridgehead atoms. The number of urea groups is 1. The number of halogens is 1. The average Bonchev–Trinajstić information content (AvgIpc) is 2.67. The molecule has 1 aliphatic rings. The van der Waals surface area contributed by atoms with Crippen molar-refractivity contribution in [1.29, 1.82) is 0 Å². The molecule has 8 heteroatoms. The Morgan fingerprint density at radius 3 is 2.64 bits per heavy atom. The fourth-order valence-corrected chi connectivity index (χ4v) is 5.61. The maximum absolute atomic E-state index is 13.2. The zero-order chi connectivity index (χ0) is 20.1. The summed E-state index contributed by atoms with van der Waals surface area (Å²) in [6.45, 7) is 2.52. The van der Waals surface area contributed by atoms with Crippen molar-refractivity contribution in [3.63, 3.8) is 0 Å². The van der Waals surface area contributed by atoms with Gasteiger partial charge in [-0.25, -0.2) is 13.2 Å². The number of nitrogens with one attached hydrogen (secondary N) is 2. The van der Waals surface area contributed by atoms with Crippen molar-refractivity contribution >= 4 is 33.3 Å². The van der Waals surface area contributed by atoms with Crippen LogP contribution in [0.25, 0.3) is 0 Å². The van der Waals surface area contributed by atoms with E-state index in [1.54, 1.807) is 30.3 Å². The van der Waals surface area contributed by atoms with E-state index < -0.39 is 10.0 Å². The molecule has 2 aromatic carbocycles. The average molecular weight is 422 g/mol. The van der Waals surface area contributed by atoms with Crippen molar-refractivity contribution in [2.75, 3.05) is 18.4 Å². The van der Waals surface area contributed by atoms with Crippen molar-refractivity contribution in [2.24, 2.45) is 0 Å². The molecule has 1 atom stereocenters. The molecule has 150 valence electrons. The zero-order valence-corrected chi connectivity index (χ0v) is 17.3. The maximum Gasteiger partial charge on any atom is 0.319 e. The van der Waals surface area contributed by atoms with Crippen molar-refractivity contribution < 1.29 is 13.2 Å². The van der Waals surface area contributed by atoms with Crippen LogP contribution in [0.4, 0.5) is 10.5 Å². The SMILES string of the molecule is Cc1ccc(S(=O)(=O)N2CCCCC2CNC(=O)Nc2ccccc2)c(Cl)c1. The number of hydrogen-bond acceptors (Lipinski definition) is 3. The van der Waals surface area contributed by atoms with E-state index in [-0.39, 0.29) is 28.5 Å². The molecule has 0 radical (unpaired) electrons. The summed E-state index contributed by atoms with van der Waals surface area (Å²) in [7, 11) is -3.74. The van der Waals surface area contributed by atoms with E-state index >= 15 is 0 Å². The Hall–Kier alpha value is -2.09. The topological polar surface area (TPSA) is 78.5 Å². The van der Waals surface area contributed by atoms with Gasteiger partial charge in [-0.3, -0.25) is 0 Å². The van der Waals surface area contributed by atoms with Gasteiger partial charge in [0.1, 0.15) is 4.90 Å². The highest BCUT2D eigenvalue weighted by atomic mass is 35.5. The van der Waals surface area contributed by atoms with Crippen LogP contribution in [0.2, 0.25) is 5.02 Å². The van der Waals surface area contributed by atoms with Gasteiger partial charge in [-0.15, -0.1) is 0 Å². The minimum atomic E-state index is -3.74. The van der Waals surface area contributed by atoms with Gasteiger partial charge in [0.15, 0.2) is 0 Å². The first kappa shape index (κ1) is 20.6.